The van der Waals surface area contributed by atoms with E-state index in [0.717, 1.165) is 33.5 Å². The standard InChI is InChI=1S/C22H18ClN3/c1-14-12-19-20(13-15(14)2)22(24-18-6-4-3-5-7-18)26-25-21(19)16-8-10-17(23)11-9-16/h3-13H,1-2H3,(H,24,26). The van der Waals surface area contributed by atoms with Gasteiger partial charge in [0.2, 0.25) is 0 Å². The van der Waals surface area contributed by atoms with Crippen LogP contribution in [0.25, 0.3) is 22.0 Å². The Morgan fingerprint density at radius 1 is 0.769 bits per heavy atom. The van der Waals surface area contributed by atoms with Gasteiger partial charge in [-0.2, -0.15) is 0 Å². The van der Waals surface area contributed by atoms with Crippen molar-refractivity contribution in [1.82, 2.24) is 10.2 Å². The van der Waals surface area contributed by atoms with Crippen LogP contribution in [-0.4, -0.2) is 10.2 Å². The molecule has 1 N–H and O–H groups in total. The van der Waals surface area contributed by atoms with E-state index in [0.29, 0.717) is 5.02 Å². The molecule has 4 aromatic rings. The second-order valence-electron chi connectivity index (χ2n) is 6.38. The first-order valence-corrected chi connectivity index (χ1v) is 8.85. The average molecular weight is 360 g/mol. The summed E-state index contributed by atoms with van der Waals surface area (Å²) in [5.41, 5.74) is 5.30. The maximum atomic E-state index is 6.03. The van der Waals surface area contributed by atoms with Crippen LogP contribution in [0.5, 0.6) is 0 Å². The topological polar surface area (TPSA) is 37.8 Å². The van der Waals surface area contributed by atoms with E-state index in [1.807, 2.05) is 54.6 Å². The van der Waals surface area contributed by atoms with Gasteiger partial charge in [-0.1, -0.05) is 41.9 Å². The Kier molecular flexibility index (Phi) is 4.31. The van der Waals surface area contributed by atoms with Crippen LogP contribution in [0.4, 0.5) is 11.5 Å². The molecule has 4 heteroatoms. The second kappa shape index (κ2) is 6.77. The van der Waals surface area contributed by atoms with Crippen LogP contribution >= 0.6 is 11.6 Å². The van der Waals surface area contributed by atoms with E-state index in [4.69, 9.17) is 11.6 Å². The van der Waals surface area contributed by atoms with Crippen LogP contribution in [0.2, 0.25) is 5.02 Å². The van der Waals surface area contributed by atoms with Crippen molar-refractivity contribution in [2.24, 2.45) is 0 Å². The number of nitrogens with zero attached hydrogens (tertiary/aromatic N) is 2. The highest BCUT2D eigenvalue weighted by Crippen LogP contribution is 2.33. The monoisotopic (exact) mass is 359 g/mol. The highest BCUT2D eigenvalue weighted by molar-refractivity contribution is 6.30. The lowest BCUT2D eigenvalue weighted by Gasteiger charge is -2.13. The molecule has 0 radical (unpaired) electrons. The minimum absolute atomic E-state index is 0.709. The number of aromatic nitrogens is 2. The van der Waals surface area contributed by atoms with Crippen molar-refractivity contribution in [3.8, 4) is 11.3 Å². The molecule has 0 aliphatic rings. The van der Waals surface area contributed by atoms with Gasteiger partial charge in [0.15, 0.2) is 5.82 Å². The molecule has 4 rings (SSSR count). The number of para-hydroxylation sites is 1. The van der Waals surface area contributed by atoms with E-state index < -0.39 is 0 Å². The van der Waals surface area contributed by atoms with Gasteiger partial charge in [0, 0.05) is 27.0 Å². The molecule has 0 unspecified atom stereocenters. The number of nitrogens with one attached hydrogen (secondary N) is 1. The van der Waals surface area contributed by atoms with E-state index in [1.165, 1.54) is 11.1 Å². The Labute approximate surface area is 157 Å². The van der Waals surface area contributed by atoms with Gasteiger partial charge >= 0.3 is 0 Å². The number of hydrogen-bond donors (Lipinski definition) is 1. The van der Waals surface area contributed by atoms with Crippen molar-refractivity contribution in [2.75, 3.05) is 5.32 Å². The van der Waals surface area contributed by atoms with Crippen molar-refractivity contribution in [3.63, 3.8) is 0 Å². The van der Waals surface area contributed by atoms with Crippen molar-refractivity contribution in [2.45, 2.75) is 13.8 Å². The summed E-state index contributed by atoms with van der Waals surface area (Å²) in [6.07, 6.45) is 0. The Morgan fingerprint density at radius 2 is 1.42 bits per heavy atom. The second-order valence-corrected chi connectivity index (χ2v) is 6.81. The highest BCUT2D eigenvalue weighted by Gasteiger charge is 2.13. The van der Waals surface area contributed by atoms with E-state index in [9.17, 15) is 0 Å². The summed E-state index contributed by atoms with van der Waals surface area (Å²) in [4.78, 5) is 0. The van der Waals surface area contributed by atoms with Crippen molar-refractivity contribution in [1.29, 1.82) is 0 Å². The maximum absolute atomic E-state index is 6.03. The third-order valence-corrected chi connectivity index (χ3v) is 4.80. The summed E-state index contributed by atoms with van der Waals surface area (Å²) in [5, 5.41) is 15.2. The van der Waals surface area contributed by atoms with Crippen LogP contribution in [0.1, 0.15) is 11.1 Å². The van der Waals surface area contributed by atoms with Gasteiger partial charge in [0.25, 0.3) is 0 Å². The number of hydrogen-bond acceptors (Lipinski definition) is 3. The normalized spacial score (nSPS) is 10.9. The molecule has 0 saturated heterocycles. The number of aryl methyl sites for hydroxylation is 2. The zero-order valence-electron chi connectivity index (χ0n) is 14.6. The first kappa shape index (κ1) is 16.6. The summed E-state index contributed by atoms with van der Waals surface area (Å²) < 4.78 is 0. The molecule has 0 amide bonds. The van der Waals surface area contributed by atoms with Gasteiger partial charge in [-0.15, -0.1) is 10.2 Å². The van der Waals surface area contributed by atoms with Crippen LogP contribution in [0, 0.1) is 13.8 Å². The molecule has 128 valence electrons. The molecule has 3 aromatic carbocycles. The van der Waals surface area contributed by atoms with Crippen molar-refractivity contribution >= 4 is 33.9 Å². The largest absolute Gasteiger partial charge is 0.338 e. The van der Waals surface area contributed by atoms with E-state index in [-0.39, 0.29) is 0 Å². The molecule has 0 atom stereocenters. The Balaban J connectivity index is 1.91. The molecular formula is C22H18ClN3. The fourth-order valence-corrected chi connectivity index (χ4v) is 3.11. The van der Waals surface area contributed by atoms with Gasteiger partial charge in [-0.05, 0) is 61.4 Å². The zero-order valence-corrected chi connectivity index (χ0v) is 15.4. The van der Waals surface area contributed by atoms with Crippen molar-refractivity contribution < 1.29 is 0 Å². The van der Waals surface area contributed by atoms with Crippen LogP contribution < -0.4 is 5.32 Å². The molecular weight excluding hydrogens is 342 g/mol. The summed E-state index contributed by atoms with van der Waals surface area (Å²) in [7, 11) is 0. The smallest absolute Gasteiger partial charge is 0.161 e. The summed E-state index contributed by atoms with van der Waals surface area (Å²) in [6, 6.07) is 22.1. The van der Waals surface area contributed by atoms with Crippen LogP contribution in [0.3, 0.4) is 0 Å². The molecule has 0 aliphatic carbocycles. The third kappa shape index (κ3) is 3.14. The molecule has 0 saturated carbocycles. The molecule has 1 heterocycles. The van der Waals surface area contributed by atoms with Gasteiger partial charge < -0.3 is 5.32 Å². The van der Waals surface area contributed by atoms with Crippen LogP contribution in [0.15, 0.2) is 66.7 Å². The minimum atomic E-state index is 0.709. The molecule has 26 heavy (non-hydrogen) atoms. The quantitative estimate of drug-likeness (QED) is 0.465. The lowest BCUT2D eigenvalue weighted by molar-refractivity contribution is 1.06. The molecule has 0 spiro atoms. The molecule has 1 aromatic heterocycles. The Bertz CT molecular complexity index is 1070. The van der Waals surface area contributed by atoms with Crippen LogP contribution in [-0.2, 0) is 0 Å². The first-order chi connectivity index (χ1) is 12.6. The van der Waals surface area contributed by atoms with Gasteiger partial charge in [0.05, 0.1) is 0 Å². The lowest BCUT2D eigenvalue weighted by Crippen LogP contribution is -2.00. The molecule has 3 nitrogen and oxygen atoms in total. The SMILES string of the molecule is Cc1cc2c(Nc3ccccc3)nnc(-c3ccc(Cl)cc3)c2cc1C. The van der Waals surface area contributed by atoms with E-state index in [1.54, 1.807) is 0 Å². The van der Waals surface area contributed by atoms with Crippen molar-refractivity contribution in [3.05, 3.63) is 82.9 Å². The van der Waals surface area contributed by atoms with E-state index in [2.05, 4.69) is 41.5 Å². The average Bonchev–Trinajstić information content (AvgIpc) is 2.65. The number of fused-ring (bicyclic) bond motifs is 1. The van der Waals surface area contributed by atoms with Gasteiger partial charge in [-0.3, -0.25) is 0 Å². The Morgan fingerprint density at radius 3 is 2.12 bits per heavy atom. The molecule has 0 aliphatic heterocycles. The minimum Gasteiger partial charge on any atom is -0.338 e. The number of rotatable bonds is 3. The maximum Gasteiger partial charge on any atom is 0.161 e. The summed E-state index contributed by atoms with van der Waals surface area (Å²) in [5.74, 6) is 0.756. The fraction of sp³-hybridized carbons (Fsp3) is 0.0909. The number of halogens is 1. The predicted octanol–water partition coefficient (Wildman–Crippen LogP) is 6.31. The van der Waals surface area contributed by atoms with E-state index >= 15 is 0 Å². The zero-order chi connectivity index (χ0) is 18.1. The lowest BCUT2D eigenvalue weighted by atomic mass is 9.99. The Hall–Kier alpha value is -2.91. The van der Waals surface area contributed by atoms with Gasteiger partial charge in [-0.25, -0.2) is 0 Å². The summed E-state index contributed by atoms with van der Waals surface area (Å²) >= 11 is 6.03. The van der Waals surface area contributed by atoms with Gasteiger partial charge in [0.1, 0.15) is 5.69 Å². The first-order valence-electron chi connectivity index (χ1n) is 8.47. The molecule has 0 bridgehead atoms. The third-order valence-electron chi connectivity index (χ3n) is 4.55. The number of benzene rings is 3. The fourth-order valence-electron chi connectivity index (χ4n) is 2.99. The molecule has 0 fully saturated rings. The summed E-state index contributed by atoms with van der Waals surface area (Å²) in [6.45, 7) is 4.23. The number of anilines is 2. The highest BCUT2D eigenvalue weighted by atomic mass is 35.5. The predicted molar refractivity (Wildman–Crippen MR) is 109 cm³/mol.